The SMILES string of the molecule is CCOCC(=O)n1cc(-c2cc(Oc3ccc(NC(=O)C4(C(=O)Nc5ccc(F)cc5)CC4)cc3F)ccn2)cn1. The minimum absolute atomic E-state index is 0.0991. The fourth-order valence-corrected chi connectivity index (χ4v) is 3.98. The molecule has 4 aromatic rings. The lowest BCUT2D eigenvalue weighted by Gasteiger charge is -2.16. The van der Waals surface area contributed by atoms with E-state index in [0.717, 1.165) is 10.7 Å². The highest BCUT2D eigenvalue weighted by atomic mass is 19.1. The van der Waals surface area contributed by atoms with Crippen molar-refractivity contribution in [3.8, 4) is 22.8 Å². The van der Waals surface area contributed by atoms with Gasteiger partial charge in [-0.15, -0.1) is 0 Å². The van der Waals surface area contributed by atoms with Crippen LogP contribution in [0.25, 0.3) is 11.3 Å². The van der Waals surface area contributed by atoms with Crippen molar-refractivity contribution in [2.24, 2.45) is 5.41 Å². The summed E-state index contributed by atoms with van der Waals surface area (Å²) in [6.07, 6.45) is 5.13. The monoisotopic (exact) mass is 561 g/mol. The Balaban J connectivity index is 1.23. The van der Waals surface area contributed by atoms with Gasteiger partial charge in [0.05, 0.1) is 11.9 Å². The zero-order chi connectivity index (χ0) is 29.0. The maximum atomic E-state index is 14.9. The number of carbonyl (C=O) groups is 3. The van der Waals surface area contributed by atoms with E-state index in [-0.39, 0.29) is 29.7 Å². The van der Waals surface area contributed by atoms with Crippen LogP contribution in [0.1, 0.15) is 24.6 Å². The summed E-state index contributed by atoms with van der Waals surface area (Å²) >= 11 is 0. The summed E-state index contributed by atoms with van der Waals surface area (Å²) in [4.78, 5) is 42.0. The van der Waals surface area contributed by atoms with E-state index in [1.54, 1.807) is 19.1 Å². The minimum atomic E-state index is -1.28. The van der Waals surface area contributed by atoms with Crippen LogP contribution in [0.15, 0.2) is 73.2 Å². The van der Waals surface area contributed by atoms with Crippen LogP contribution in [0, 0.1) is 17.0 Å². The zero-order valence-electron chi connectivity index (χ0n) is 21.9. The molecule has 0 radical (unpaired) electrons. The van der Waals surface area contributed by atoms with Crippen LogP contribution in [0.4, 0.5) is 20.2 Å². The first-order chi connectivity index (χ1) is 19.8. The first-order valence-corrected chi connectivity index (χ1v) is 12.8. The lowest BCUT2D eigenvalue weighted by atomic mass is 10.0. The highest BCUT2D eigenvalue weighted by Crippen LogP contribution is 2.47. The molecule has 2 amide bonds. The molecule has 1 aliphatic rings. The van der Waals surface area contributed by atoms with Gasteiger partial charge in [0.15, 0.2) is 11.6 Å². The van der Waals surface area contributed by atoms with Gasteiger partial charge in [0.1, 0.15) is 23.6 Å². The van der Waals surface area contributed by atoms with Gasteiger partial charge in [-0.2, -0.15) is 5.10 Å². The third-order valence-corrected chi connectivity index (χ3v) is 6.43. The normalized spacial score (nSPS) is 13.3. The van der Waals surface area contributed by atoms with Crippen molar-refractivity contribution in [1.82, 2.24) is 14.8 Å². The summed E-state index contributed by atoms with van der Waals surface area (Å²) < 4.78 is 40.0. The van der Waals surface area contributed by atoms with E-state index < -0.39 is 28.9 Å². The van der Waals surface area contributed by atoms with E-state index in [2.05, 4.69) is 20.7 Å². The molecule has 0 bridgehead atoms. The molecule has 2 aromatic carbocycles. The quantitative estimate of drug-likeness (QED) is 0.260. The first kappa shape index (κ1) is 27.6. The summed E-state index contributed by atoms with van der Waals surface area (Å²) in [6, 6.07) is 12.2. The van der Waals surface area contributed by atoms with Gasteiger partial charge in [0.25, 0.3) is 5.91 Å². The van der Waals surface area contributed by atoms with Crippen LogP contribution in [-0.2, 0) is 14.3 Å². The van der Waals surface area contributed by atoms with E-state index in [9.17, 15) is 23.2 Å². The van der Waals surface area contributed by atoms with E-state index in [1.807, 2.05) is 0 Å². The molecule has 5 rings (SSSR count). The first-order valence-electron chi connectivity index (χ1n) is 12.8. The van der Waals surface area contributed by atoms with Gasteiger partial charge >= 0.3 is 0 Å². The fourth-order valence-electron chi connectivity index (χ4n) is 3.98. The predicted octanol–water partition coefficient (Wildman–Crippen LogP) is 5.05. The number of amides is 2. The summed E-state index contributed by atoms with van der Waals surface area (Å²) in [6.45, 7) is 2.09. The third-order valence-electron chi connectivity index (χ3n) is 6.43. The number of anilines is 2. The lowest BCUT2D eigenvalue weighted by Crippen LogP contribution is -2.35. The van der Waals surface area contributed by atoms with Crippen LogP contribution < -0.4 is 15.4 Å². The van der Waals surface area contributed by atoms with Gasteiger partial charge in [-0.1, -0.05) is 0 Å². The number of aromatic nitrogens is 3. The summed E-state index contributed by atoms with van der Waals surface area (Å²) in [5.74, 6) is -2.41. The number of pyridine rings is 1. The van der Waals surface area contributed by atoms with Crippen molar-refractivity contribution in [3.63, 3.8) is 0 Å². The zero-order valence-corrected chi connectivity index (χ0v) is 21.9. The van der Waals surface area contributed by atoms with Crippen molar-refractivity contribution >= 4 is 29.1 Å². The number of hydrogen-bond donors (Lipinski definition) is 2. The number of nitrogens with one attached hydrogen (secondary N) is 2. The summed E-state index contributed by atoms with van der Waals surface area (Å²) in [5, 5.41) is 9.26. The van der Waals surface area contributed by atoms with Crippen molar-refractivity contribution < 1.29 is 32.6 Å². The van der Waals surface area contributed by atoms with Crippen molar-refractivity contribution in [1.29, 1.82) is 0 Å². The Kier molecular flexibility index (Phi) is 7.83. The third kappa shape index (κ3) is 6.28. The fraction of sp³-hybridized carbons (Fsp3) is 0.207. The highest BCUT2D eigenvalue weighted by molar-refractivity contribution is 6.16. The molecule has 0 atom stereocenters. The average Bonchev–Trinajstić information content (AvgIpc) is 3.64. The van der Waals surface area contributed by atoms with E-state index >= 15 is 0 Å². The largest absolute Gasteiger partial charge is 0.454 e. The number of halogens is 2. The Labute approximate surface area is 233 Å². The summed E-state index contributed by atoms with van der Waals surface area (Å²) in [7, 11) is 0. The summed E-state index contributed by atoms with van der Waals surface area (Å²) in [5.41, 5.74) is 0.244. The molecule has 0 saturated heterocycles. The standard InChI is InChI=1S/C29H25F2N5O5/c1-2-40-17-26(37)36-16-18(15-33-36)24-14-22(9-12-32-24)41-25-8-7-21(13-23(25)31)35-28(39)29(10-11-29)27(38)34-20-5-3-19(30)4-6-20/h3-9,12-16H,2,10-11,17H2,1H3,(H,34,38)(H,35,39). The molecular weight excluding hydrogens is 536 g/mol. The van der Waals surface area contributed by atoms with Crippen LogP contribution >= 0.6 is 0 Å². The number of carbonyl (C=O) groups excluding carboxylic acids is 3. The number of benzene rings is 2. The average molecular weight is 562 g/mol. The van der Waals surface area contributed by atoms with Gasteiger partial charge in [0, 0.05) is 48.1 Å². The Morgan fingerprint density at radius 3 is 2.37 bits per heavy atom. The molecule has 2 heterocycles. The molecule has 41 heavy (non-hydrogen) atoms. The van der Waals surface area contributed by atoms with E-state index in [0.29, 0.717) is 36.4 Å². The lowest BCUT2D eigenvalue weighted by molar-refractivity contribution is -0.131. The Hall–Kier alpha value is -4.97. The molecule has 1 aliphatic carbocycles. The molecule has 2 aromatic heterocycles. The van der Waals surface area contributed by atoms with Crippen molar-refractivity contribution in [2.45, 2.75) is 19.8 Å². The number of hydrogen-bond acceptors (Lipinski definition) is 7. The van der Waals surface area contributed by atoms with Crippen LogP contribution in [-0.4, -0.2) is 45.7 Å². The molecule has 0 aliphatic heterocycles. The second-order valence-corrected chi connectivity index (χ2v) is 9.33. The molecule has 210 valence electrons. The van der Waals surface area contributed by atoms with Gasteiger partial charge in [0.2, 0.25) is 11.8 Å². The van der Waals surface area contributed by atoms with E-state index in [4.69, 9.17) is 9.47 Å². The molecule has 1 fully saturated rings. The Morgan fingerprint density at radius 2 is 1.68 bits per heavy atom. The maximum absolute atomic E-state index is 14.9. The second kappa shape index (κ2) is 11.6. The Morgan fingerprint density at radius 1 is 0.976 bits per heavy atom. The Bertz CT molecular complexity index is 1600. The van der Waals surface area contributed by atoms with Gasteiger partial charge in [-0.3, -0.25) is 19.4 Å². The van der Waals surface area contributed by atoms with Crippen molar-refractivity contribution in [2.75, 3.05) is 23.8 Å². The topological polar surface area (TPSA) is 124 Å². The maximum Gasteiger partial charge on any atom is 0.272 e. The second-order valence-electron chi connectivity index (χ2n) is 9.33. The molecule has 12 heteroatoms. The van der Waals surface area contributed by atoms with Crippen molar-refractivity contribution in [3.05, 3.63) is 84.8 Å². The molecular formula is C29H25F2N5O5. The van der Waals surface area contributed by atoms with Gasteiger partial charge in [-0.05, 0) is 62.2 Å². The molecule has 10 nitrogen and oxygen atoms in total. The number of rotatable bonds is 10. The van der Waals surface area contributed by atoms with Gasteiger partial charge < -0.3 is 20.1 Å². The predicted molar refractivity (Wildman–Crippen MR) is 144 cm³/mol. The van der Waals surface area contributed by atoms with E-state index in [1.165, 1.54) is 55.0 Å². The minimum Gasteiger partial charge on any atom is -0.454 e. The smallest absolute Gasteiger partial charge is 0.272 e. The van der Waals surface area contributed by atoms with Crippen LogP contribution in [0.2, 0.25) is 0 Å². The number of ether oxygens (including phenoxy) is 2. The molecule has 0 unspecified atom stereocenters. The van der Waals surface area contributed by atoms with Crippen LogP contribution in [0.3, 0.4) is 0 Å². The van der Waals surface area contributed by atoms with Gasteiger partial charge in [-0.25, -0.2) is 13.5 Å². The highest BCUT2D eigenvalue weighted by Gasteiger charge is 2.56. The molecule has 1 saturated carbocycles. The number of nitrogens with zero attached hydrogens (tertiary/aromatic N) is 3. The molecule has 2 N–H and O–H groups in total. The van der Waals surface area contributed by atoms with Crippen LogP contribution in [0.5, 0.6) is 11.5 Å². The molecule has 0 spiro atoms.